The minimum atomic E-state index is -0.454. The first-order chi connectivity index (χ1) is 8.99. The van der Waals surface area contributed by atoms with E-state index in [9.17, 15) is 14.9 Å². The molecule has 98 valence electrons. The Hall–Kier alpha value is -2.77. The molecular weight excluding hydrogens is 250 g/mol. The van der Waals surface area contributed by atoms with E-state index >= 15 is 0 Å². The van der Waals surface area contributed by atoms with Crippen LogP contribution in [0.4, 0.5) is 11.4 Å². The van der Waals surface area contributed by atoms with E-state index in [0.717, 1.165) is 0 Å². The lowest BCUT2D eigenvalue weighted by atomic mass is 10.1. The summed E-state index contributed by atoms with van der Waals surface area (Å²) in [5.74, 6) is -0.371. The fourth-order valence-electron chi connectivity index (χ4n) is 1.63. The van der Waals surface area contributed by atoms with Crippen LogP contribution in [0.5, 0.6) is 0 Å². The molecule has 8 nitrogen and oxygen atoms in total. The highest BCUT2D eigenvalue weighted by atomic mass is 16.6. The van der Waals surface area contributed by atoms with E-state index < -0.39 is 10.8 Å². The van der Waals surface area contributed by atoms with Crippen molar-refractivity contribution >= 4 is 17.3 Å². The van der Waals surface area contributed by atoms with Gasteiger partial charge in [-0.3, -0.25) is 20.0 Å². The van der Waals surface area contributed by atoms with E-state index in [2.05, 4.69) is 20.5 Å². The summed E-state index contributed by atoms with van der Waals surface area (Å²) in [7, 11) is 0. The van der Waals surface area contributed by atoms with Crippen LogP contribution in [0.3, 0.4) is 0 Å². The molecule has 19 heavy (non-hydrogen) atoms. The SMILES string of the molecule is Cc1cc([N+](=O)[O-])c(C)cc1NC(=O)c1ncn[nH]1. The van der Waals surface area contributed by atoms with Crippen LogP contribution in [0.15, 0.2) is 18.5 Å². The second-order valence-corrected chi connectivity index (χ2v) is 4.00. The summed E-state index contributed by atoms with van der Waals surface area (Å²) in [5, 5.41) is 19.4. The maximum absolute atomic E-state index is 11.8. The first kappa shape index (κ1) is 12.7. The molecule has 2 N–H and O–H groups in total. The molecule has 0 bridgehead atoms. The van der Waals surface area contributed by atoms with Gasteiger partial charge in [-0.05, 0) is 25.5 Å². The maximum Gasteiger partial charge on any atom is 0.292 e. The van der Waals surface area contributed by atoms with E-state index in [0.29, 0.717) is 16.8 Å². The summed E-state index contributed by atoms with van der Waals surface area (Å²) in [6.07, 6.45) is 1.23. The lowest BCUT2D eigenvalue weighted by molar-refractivity contribution is -0.385. The average Bonchev–Trinajstić information content (AvgIpc) is 2.86. The Balaban J connectivity index is 2.29. The second kappa shape index (κ2) is 4.84. The van der Waals surface area contributed by atoms with Gasteiger partial charge >= 0.3 is 0 Å². The summed E-state index contributed by atoms with van der Waals surface area (Å²) in [5.41, 5.74) is 1.60. The minimum absolute atomic E-state index is 0.0233. The van der Waals surface area contributed by atoms with Gasteiger partial charge in [-0.2, -0.15) is 5.10 Å². The van der Waals surface area contributed by atoms with Crippen LogP contribution in [-0.4, -0.2) is 26.0 Å². The van der Waals surface area contributed by atoms with Crippen molar-refractivity contribution < 1.29 is 9.72 Å². The predicted molar refractivity (Wildman–Crippen MR) is 66.9 cm³/mol. The number of hydrogen-bond donors (Lipinski definition) is 2. The van der Waals surface area contributed by atoms with Crippen LogP contribution in [0.25, 0.3) is 0 Å². The molecule has 0 saturated carbocycles. The summed E-state index contributed by atoms with van der Waals surface area (Å²) in [6.45, 7) is 3.30. The molecule has 0 aliphatic carbocycles. The van der Waals surface area contributed by atoms with Crippen molar-refractivity contribution in [2.45, 2.75) is 13.8 Å². The molecule has 0 radical (unpaired) electrons. The lowest BCUT2D eigenvalue weighted by Gasteiger charge is -2.08. The maximum atomic E-state index is 11.8. The number of nitro benzene ring substituents is 1. The van der Waals surface area contributed by atoms with Crippen LogP contribution in [0.1, 0.15) is 21.7 Å². The van der Waals surface area contributed by atoms with E-state index in [-0.39, 0.29) is 11.5 Å². The molecule has 0 spiro atoms. The number of rotatable bonds is 3. The largest absolute Gasteiger partial charge is 0.319 e. The fraction of sp³-hybridized carbons (Fsp3) is 0.182. The van der Waals surface area contributed by atoms with E-state index in [4.69, 9.17) is 0 Å². The first-order valence-corrected chi connectivity index (χ1v) is 5.41. The van der Waals surface area contributed by atoms with Gasteiger partial charge in [0.15, 0.2) is 0 Å². The molecule has 2 rings (SSSR count). The number of carbonyl (C=O) groups is 1. The Morgan fingerprint density at radius 3 is 2.68 bits per heavy atom. The van der Waals surface area contributed by atoms with Gasteiger partial charge in [-0.1, -0.05) is 0 Å². The van der Waals surface area contributed by atoms with Gasteiger partial charge in [0.2, 0.25) is 5.82 Å². The topological polar surface area (TPSA) is 114 Å². The summed E-state index contributed by atoms with van der Waals surface area (Å²) in [6, 6.07) is 2.98. The Labute approximate surface area is 108 Å². The van der Waals surface area contributed by atoms with Gasteiger partial charge in [0.25, 0.3) is 11.6 Å². The Morgan fingerprint density at radius 1 is 1.37 bits per heavy atom. The van der Waals surface area contributed by atoms with Crippen molar-refractivity contribution in [1.82, 2.24) is 15.2 Å². The van der Waals surface area contributed by atoms with Crippen molar-refractivity contribution in [3.8, 4) is 0 Å². The third-order valence-corrected chi connectivity index (χ3v) is 2.62. The number of nitro groups is 1. The second-order valence-electron chi connectivity index (χ2n) is 4.00. The van der Waals surface area contributed by atoms with Crippen molar-refractivity contribution in [2.75, 3.05) is 5.32 Å². The average molecular weight is 261 g/mol. The zero-order chi connectivity index (χ0) is 14.0. The number of nitrogens with one attached hydrogen (secondary N) is 2. The molecule has 0 fully saturated rings. The Kier molecular flexibility index (Phi) is 3.23. The van der Waals surface area contributed by atoms with Gasteiger partial charge in [0, 0.05) is 17.3 Å². The Bertz CT molecular complexity index is 636. The van der Waals surface area contributed by atoms with Gasteiger partial charge in [0.05, 0.1) is 4.92 Å². The van der Waals surface area contributed by atoms with Gasteiger partial charge < -0.3 is 5.32 Å². The van der Waals surface area contributed by atoms with E-state index in [1.165, 1.54) is 12.4 Å². The predicted octanol–water partition coefficient (Wildman–Crippen LogP) is 1.58. The number of amides is 1. The first-order valence-electron chi connectivity index (χ1n) is 5.41. The molecule has 8 heteroatoms. The summed E-state index contributed by atoms with van der Waals surface area (Å²) in [4.78, 5) is 25.8. The quantitative estimate of drug-likeness (QED) is 0.643. The fourth-order valence-corrected chi connectivity index (χ4v) is 1.63. The third kappa shape index (κ3) is 2.57. The van der Waals surface area contributed by atoms with Crippen LogP contribution >= 0.6 is 0 Å². The molecule has 0 atom stereocenters. The standard InChI is InChI=1S/C11H11N5O3/c1-6-4-9(16(18)19)7(2)3-8(6)14-11(17)10-12-5-13-15-10/h3-5H,1-2H3,(H,14,17)(H,12,13,15). The number of aromatic nitrogens is 3. The van der Waals surface area contributed by atoms with Gasteiger partial charge in [-0.25, -0.2) is 4.98 Å². The van der Waals surface area contributed by atoms with E-state index in [1.807, 2.05) is 0 Å². The highest BCUT2D eigenvalue weighted by Crippen LogP contribution is 2.26. The summed E-state index contributed by atoms with van der Waals surface area (Å²) < 4.78 is 0. The van der Waals surface area contributed by atoms with Crippen LogP contribution in [-0.2, 0) is 0 Å². The molecule has 1 heterocycles. The number of aryl methyl sites for hydroxylation is 2. The number of carbonyl (C=O) groups excluding carboxylic acids is 1. The minimum Gasteiger partial charge on any atom is -0.319 e. The molecular formula is C11H11N5O3. The lowest BCUT2D eigenvalue weighted by Crippen LogP contribution is -2.14. The zero-order valence-electron chi connectivity index (χ0n) is 10.3. The number of hydrogen-bond acceptors (Lipinski definition) is 5. The number of H-pyrrole nitrogens is 1. The molecule has 0 aliphatic rings. The van der Waals surface area contributed by atoms with Gasteiger partial charge in [0.1, 0.15) is 6.33 Å². The molecule has 0 saturated heterocycles. The van der Waals surface area contributed by atoms with Crippen molar-refractivity contribution in [2.24, 2.45) is 0 Å². The van der Waals surface area contributed by atoms with Crippen molar-refractivity contribution in [3.63, 3.8) is 0 Å². The number of nitrogens with zero attached hydrogens (tertiary/aromatic N) is 3. The smallest absolute Gasteiger partial charge is 0.292 e. The van der Waals surface area contributed by atoms with Gasteiger partial charge in [-0.15, -0.1) is 0 Å². The Morgan fingerprint density at radius 2 is 2.11 bits per heavy atom. The molecule has 0 aliphatic heterocycles. The van der Waals surface area contributed by atoms with Crippen LogP contribution in [0, 0.1) is 24.0 Å². The normalized spacial score (nSPS) is 10.2. The monoisotopic (exact) mass is 261 g/mol. The van der Waals surface area contributed by atoms with Crippen LogP contribution in [0.2, 0.25) is 0 Å². The summed E-state index contributed by atoms with van der Waals surface area (Å²) >= 11 is 0. The number of aromatic amines is 1. The highest BCUT2D eigenvalue weighted by Gasteiger charge is 2.16. The molecule has 1 amide bonds. The molecule has 1 aromatic carbocycles. The number of benzene rings is 1. The highest BCUT2D eigenvalue weighted by molar-refractivity contribution is 6.02. The van der Waals surface area contributed by atoms with Crippen LogP contribution < -0.4 is 5.32 Å². The molecule has 1 aromatic heterocycles. The molecule has 0 unspecified atom stereocenters. The zero-order valence-corrected chi connectivity index (χ0v) is 10.3. The van der Waals surface area contributed by atoms with Crippen molar-refractivity contribution in [1.29, 1.82) is 0 Å². The third-order valence-electron chi connectivity index (χ3n) is 2.62. The van der Waals surface area contributed by atoms with E-state index in [1.54, 1.807) is 19.9 Å². The number of anilines is 1. The van der Waals surface area contributed by atoms with Crippen molar-refractivity contribution in [3.05, 3.63) is 45.5 Å². The molecule has 2 aromatic rings.